The van der Waals surface area contributed by atoms with Crippen LogP contribution in [0.25, 0.3) is 6.08 Å². The van der Waals surface area contributed by atoms with Gasteiger partial charge in [0, 0.05) is 46.7 Å². The van der Waals surface area contributed by atoms with Crippen LogP contribution in [0, 0.1) is 0 Å². The van der Waals surface area contributed by atoms with Gasteiger partial charge in [-0.3, -0.25) is 4.79 Å². The minimum Gasteiger partial charge on any atom is -0.378 e. The van der Waals surface area contributed by atoms with Gasteiger partial charge < -0.3 is 4.90 Å². The number of ketones is 1. The molecule has 0 aromatic heterocycles. The van der Waals surface area contributed by atoms with Crippen molar-refractivity contribution in [3.8, 4) is 0 Å². The zero-order valence-corrected chi connectivity index (χ0v) is 14.0. The molecule has 2 aliphatic rings. The molecule has 0 atom stereocenters. The molecule has 110 valence electrons. The first-order valence-electron chi connectivity index (χ1n) is 7.16. The first-order valence-corrected chi connectivity index (χ1v) is 9.13. The summed E-state index contributed by atoms with van der Waals surface area (Å²) in [6.45, 7) is 0. The standard InChI is InChI=1S/C17H19NOS2/c1-18(2)14-6-3-12(4-7-14)11-13-5-8-15(16(13)19)17-20-9-10-21-17/h3-4,6-7,11H,5,8-10H2,1-2H3/b13-11+. The van der Waals surface area contributed by atoms with E-state index in [1.807, 2.05) is 37.6 Å². The molecule has 0 amide bonds. The Balaban J connectivity index is 1.81. The highest BCUT2D eigenvalue weighted by Crippen LogP contribution is 2.43. The Morgan fingerprint density at radius 1 is 1.05 bits per heavy atom. The minimum atomic E-state index is 0.267. The van der Waals surface area contributed by atoms with Crippen molar-refractivity contribution in [1.29, 1.82) is 0 Å². The Hall–Kier alpha value is -1.13. The predicted molar refractivity (Wildman–Crippen MR) is 94.9 cm³/mol. The van der Waals surface area contributed by atoms with Crippen molar-refractivity contribution >= 4 is 41.1 Å². The number of rotatable bonds is 2. The van der Waals surface area contributed by atoms with E-state index >= 15 is 0 Å². The van der Waals surface area contributed by atoms with Crippen molar-refractivity contribution in [2.45, 2.75) is 12.8 Å². The van der Waals surface area contributed by atoms with E-state index in [2.05, 4.69) is 35.2 Å². The van der Waals surface area contributed by atoms with Crippen LogP contribution in [0.2, 0.25) is 0 Å². The van der Waals surface area contributed by atoms with Gasteiger partial charge in [-0.05, 0) is 36.6 Å². The summed E-state index contributed by atoms with van der Waals surface area (Å²) in [5.74, 6) is 2.55. The predicted octanol–water partition coefficient (Wildman–Crippen LogP) is 4.19. The Morgan fingerprint density at radius 2 is 1.71 bits per heavy atom. The van der Waals surface area contributed by atoms with E-state index in [0.717, 1.165) is 41.1 Å². The number of anilines is 1. The zero-order valence-electron chi connectivity index (χ0n) is 12.4. The Morgan fingerprint density at radius 3 is 2.33 bits per heavy atom. The fourth-order valence-corrected chi connectivity index (χ4v) is 5.18. The number of nitrogens with zero attached hydrogens (tertiary/aromatic N) is 1. The quantitative estimate of drug-likeness (QED) is 0.762. The van der Waals surface area contributed by atoms with Gasteiger partial charge in [-0.15, -0.1) is 23.5 Å². The van der Waals surface area contributed by atoms with Gasteiger partial charge in [0.05, 0.1) is 0 Å². The summed E-state index contributed by atoms with van der Waals surface area (Å²) in [6.07, 6.45) is 3.85. The zero-order chi connectivity index (χ0) is 14.8. The van der Waals surface area contributed by atoms with Crippen molar-refractivity contribution in [2.24, 2.45) is 0 Å². The fraction of sp³-hybridized carbons (Fsp3) is 0.353. The van der Waals surface area contributed by atoms with Crippen LogP contribution in [0.3, 0.4) is 0 Å². The van der Waals surface area contributed by atoms with E-state index in [9.17, 15) is 4.79 Å². The number of carbonyl (C=O) groups excluding carboxylic acids is 1. The molecule has 0 spiro atoms. The number of thioether (sulfide) groups is 2. The summed E-state index contributed by atoms with van der Waals surface area (Å²) in [7, 11) is 4.06. The molecule has 1 aromatic rings. The third kappa shape index (κ3) is 3.22. The molecule has 1 saturated heterocycles. The molecular weight excluding hydrogens is 298 g/mol. The molecule has 1 aromatic carbocycles. The second kappa shape index (κ2) is 6.32. The average Bonchev–Trinajstić information content (AvgIpc) is 3.10. The van der Waals surface area contributed by atoms with E-state index in [1.54, 1.807) is 0 Å². The van der Waals surface area contributed by atoms with Crippen molar-refractivity contribution < 1.29 is 4.79 Å². The second-order valence-electron chi connectivity index (χ2n) is 5.45. The first kappa shape index (κ1) is 14.8. The van der Waals surface area contributed by atoms with Crippen molar-refractivity contribution in [3.05, 3.63) is 45.2 Å². The molecule has 2 nitrogen and oxygen atoms in total. The lowest BCUT2D eigenvalue weighted by Crippen LogP contribution is -2.07. The third-order valence-electron chi connectivity index (χ3n) is 3.76. The van der Waals surface area contributed by atoms with E-state index in [1.165, 1.54) is 9.92 Å². The summed E-state index contributed by atoms with van der Waals surface area (Å²) < 4.78 is 1.27. The first-order chi connectivity index (χ1) is 10.1. The highest BCUT2D eigenvalue weighted by molar-refractivity contribution is 8.25. The van der Waals surface area contributed by atoms with Crippen LogP contribution >= 0.6 is 23.5 Å². The molecule has 2 fully saturated rings. The molecule has 21 heavy (non-hydrogen) atoms. The number of benzene rings is 1. The number of hydrogen-bond donors (Lipinski definition) is 0. The maximum Gasteiger partial charge on any atom is 0.186 e. The Bertz CT molecular complexity index is 606. The topological polar surface area (TPSA) is 20.3 Å². The van der Waals surface area contributed by atoms with Crippen molar-refractivity contribution in [1.82, 2.24) is 0 Å². The van der Waals surface area contributed by atoms with Gasteiger partial charge in [-0.25, -0.2) is 0 Å². The molecule has 1 heterocycles. The molecule has 1 aliphatic carbocycles. The Labute approximate surface area is 134 Å². The highest BCUT2D eigenvalue weighted by Gasteiger charge is 2.28. The highest BCUT2D eigenvalue weighted by atomic mass is 32.2. The number of hydrogen-bond acceptors (Lipinski definition) is 4. The SMILES string of the molecule is CN(C)c1ccc(/C=C2\CCC(=C3SCCS3)C2=O)cc1. The number of carbonyl (C=O) groups is 1. The van der Waals surface area contributed by atoms with Gasteiger partial charge in [0.1, 0.15) is 0 Å². The minimum absolute atomic E-state index is 0.267. The summed E-state index contributed by atoms with van der Waals surface area (Å²) in [4.78, 5) is 14.6. The molecule has 0 N–H and O–H groups in total. The lowest BCUT2D eigenvalue weighted by Gasteiger charge is -2.11. The van der Waals surface area contributed by atoms with Crippen LogP contribution in [0.5, 0.6) is 0 Å². The van der Waals surface area contributed by atoms with Crippen LogP contribution < -0.4 is 4.90 Å². The van der Waals surface area contributed by atoms with Gasteiger partial charge >= 0.3 is 0 Å². The summed E-state index contributed by atoms with van der Waals surface area (Å²) >= 11 is 3.69. The second-order valence-corrected chi connectivity index (χ2v) is 7.92. The summed E-state index contributed by atoms with van der Waals surface area (Å²) in [6, 6.07) is 8.35. The summed E-state index contributed by atoms with van der Waals surface area (Å²) in [5.41, 5.74) is 4.31. The molecule has 0 unspecified atom stereocenters. The molecule has 0 bridgehead atoms. The van der Waals surface area contributed by atoms with E-state index < -0.39 is 0 Å². The van der Waals surface area contributed by atoms with E-state index in [4.69, 9.17) is 0 Å². The van der Waals surface area contributed by atoms with Crippen LogP contribution in [-0.4, -0.2) is 31.4 Å². The Kier molecular flexibility index (Phi) is 4.45. The van der Waals surface area contributed by atoms with Crippen LogP contribution in [-0.2, 0) is 4.79 Å². The molecular formula is C17H19NOS2. The summed E-state index contributed by atoms with van der Waals surface area (Å²) in [5, 5.41) is 0. The number of Topliss-reactive ketones (excluding diaryl/α,β-unsaturated/α-hetero) is 1. The van der Waals surface area contributed by atoms with Gasteiger partial charge in [-0.1, -0.05) is 12.1 Å². The normalized spacial score (nSPS) is 20.7. The fourth-order valence-electron chi connectivity index (χ4n) is 2.57. The maximum absolute atomic E-state index is 12.5. The molecule has 1 aliphatic heterocycles. The van der Waals surface area contributed by atoms with Gasteiger partial charge in [0.2, 0.25) is 0 Å². The van der Waals surface area contributed by atoms with E-state index in [0.29, 0.717) is 0 Å². The van der Waals surface area contributed by atoms with Gasteiger partial charge in [-0.2, -0.15) is 0 Å². The monoisotopic (exact) mass is 317 g/mol. The molecule has 4 heteroatoms. The van der Waals surface area contributed by atoms with Gasteiger partial charge in [0.25, 0.3) is 0 Å². The molecule has 1 saturated carbocycles. The number of allylic oxidation sites excluding steroid dienone is 2. The maximum atomic E-state index is 12.5. The molecule has 0 radical (unpaired) electrons. The lowest BCUT2D eigenvalue weighted by molar-refractivity contribution is -0.111. The van der Waals surface area contributed by atoms with Gasteiger partial charge in [0.15, 0.2) is 5.78 Å². The smallest absolute Gasteiger partial charge is 0.186 e. The van der Waals surface area contributed by atoms with Crippen LogP contribution in [0.1, 0.15) is 18.4 Å². The van der Waals surface area contributed by atoms with E-state index in [-0.39, 0.29) is 5.78 Å². The van der Waals surface area contributed by atoms with Crippen LogP contribution in [0.15, 0.2) is 39.6 Å². The van der Waals surface area contributed by atoms with Crippen LogP contribution in [0.4, 0.5) is 5.69 Å². The third-order valence-corrected chi connectivity index (χ3v) is 6.56. The average molecular weight is 317 g/mol. The lowest BCUT2D eigenvalue weighted by atomic mass is 10.1. The largest absolute Gasteiger partial charge is 0.378 e. The van der Waals surface area contributed by atoms with Crippen molar-refractivity contribution in [3.63, 3.8) is 0 Å². The molecule has 3 rings (SSSR count). The van der Waals surface area contributed by atoms with Crippen molar-refractivity contribution in [2.75, 3.05) is 30.5 Å².